The van der Waals surface area contributed by atoms with Crippen molar-refractivity contribution in [2.45, 2.75) is 36.9 Å². The molecule has 2 rings (SSSR count). The van der Waals surface area contributed by atoms with E-state index in [2.05, 4.69) is 38.1 Å². The molecule has 17 heavy (non-hydrogen) atoms. The Morgan fingerprint density at radius 1 is 1.35 bits per heavy atom. The number of aliphatic hydroxyl groups excluding tert-OH is 1. The SMILES string of the molecule is CCc1cccc(C(O)C2SCCSC2C)c1. The van der Waals surface area contributed by atoms with Gasteiger partial charge in [0, 0.05) is 22.0 Å². The summed E-state index contributed by atoms with van der Waals surface area (Å²) in [7, 11) is 0. The summed E-state index contributed by atoms with van der Waals surface area (Å²) in [5, 5.41) is 11.4. The summed E-state index contributed by atoms with van der Waals surface area (Å²) < 4.78 is 0. The molecule has 0 bridgehead atoms. The van der Waals surface area contributed by atoms with E-state index in [1.54, 1.807) is 0 Å². The molecular weight excluding hydrogens is 248 g/mol. The van der Waals surface area contributed by atoms with E-state index in [0.717, 1.165) is 17.7 Å². The molecule has 0 aliphatic carbocycles. The van der Waals surface area contributed by atoms with Gasteiger partial charge in [-0.2, -0.15) is 23.5 Å². The molecular formula is C14H20OS2. The Labute approximate surface area is 112 Å². The van der Waals surface area contributed by atoms with Crippen molar-refractivity contribution < 1.29 is 5.11 Å². The zero-order valence-electron chi connectivity index (χ0n) is 10.4. The number of rotatable bonds is 3. The van der Waals surface area contributed by atoms with Gasteiger partial charge in [0.15, 0.2) is 0 Å². The molecule has 1 nitrogen and oxygen atoms in total. The lowest BCUT2D eigenvalue weighted by Crippen LogP contribution is -2.29. The molecule has 1 fully saturated rings. The van der Waals surface area contributed by atoms with Gasteiger partial charge in [-0.25, -0.2) is 0 Å². The summed E-state index contributed by atoms with van der Waals surface area (Å²) in [4.78, 5) is 0. The third-order valence-corrected chi connectivity index (χ3v) is 6.43. The van der Waals surface area contributed by atoms with Gasteiger partial charge in [-0.15, -0.1) is 0 Å². The number of thioether (sulfide) groups is 2. The fourth-order valence-corrected chi connectivity index (χ4v) is 5.02. The number of aliphatic hydroxyl groups is 1. The van der Waals surface area contributed by atoms with Crippen molar-refractivity contribution in [1.82, 2.24) is 0 Å². The van der Waals surface area contributed by atoms with E-state index in [1.165, 1.54) is 11.3 Å². The minimum absolute atomic E-state index is 0.325. The standard InChI is InChI=1S/C14H20OS2/c1-3-11-5-4-6-12(9-11)13(15)14-10(2)16-7-8-17-14/h4-6,9-10,13-15H,3,7-8H2,1-2H3. The van der Waals surface area contributed by atoms with Crippen molar-refractivity contribution in [1.29, 1.82) is 0 Å². The first-order chi connectivity index (χ1) is 8.22. The van der Waals surface area contributed by atoms with Crippen LogP contribution in [0, 0.1) is 0 Å². The molecule has 1 aliphatic heterocycles. The van der Waals surface area contributed by atoms with Crippen LogP contribution in [0.2, 0.25) is 0 Å². The number of benzene rings is 1. The fraction of sp³-hybridized carbons (Fsp3) is 0.571. The number of hydrogen-bond acceptors (Lipinski definition) is 3. The molecule has 1 saturated heterocycles. The molecule has 3 heteroatoms. The minimum Gasteiger partial charge on any atom is -0.387 e. The van der Waals surface area contributed by atoms with Crippen LogP contribution in [-0.2, 0) is 6.42 Å². The van der Waals surface area contributed by atoms with E-state index in [-0.39, 0.29) is 6.10 Å². The second-order valence-corrected chi connectivity index (χ2v) is 7.23. The van der Waals surface area contributed by atoms with Crippen molar-refractivity contribution in [2.24, 2.45) is 0 Å². The van der Waals surface area contributed by atoms with Crippen molar-refractivity contribution in [3.63, 3.8) is 0 Å². The van der Waals surface area contributed by atoms with Crippen molar-refractivity contribution >= 4 is 23.5 Å². The van der Waals surface area contributed by atoms with Crippen molar-refractivity contribution in [3.8, 4) is 0 Å². The van der Waals surface area contributed by atoms with Crippen LogP contribution in [0.1, 0.15) is 31.1 Å². The van der Waals surface area contributed by atoms with Gasteiger partial charge >= 0.3 is 0 Å². The highest BCUT2D eigenvalue weighted by Crippen LogP contribution is 2.38. The fourth-order valence-electron chi connectivity index (χ4n) is 2.18. The van der Waals surface area contributed by atoms with Gasteiger partial charge in [0.05, 0.1) is 6.10 Å². The molecule has 0 saturated carbocycles. The van der Waals surface area contributed by atoms with E-state index in [1.807, 2.05) is 23.5 Å². The van der Waals surface area contributed by atoms with Crippen LogP contribution < -0.4 is 0 Å². The van der Waals surface area contributed by atoms with Gasteiger partial charge < -0.3 is 5.11 Å². The maximum Gasteiger partial charge on any atom is 0.0919 e. The zero-order chi connectivity index (χ0) is 12.3. The quantitative estimate of drug-likeness (QED) is 0.906. The monoisotopic (exact) mass is 268 g/mol. The summed E-state index contributed by atoms with van der Waals surface area (Å²) in [5.74, 6) is 2.37. The lowest BCUT2D eigenvalue weighted by molar-refractivity contribution is 0.174. The molecule has 0 aromatic heterocycles. The topological polar surface area (TPSA) is 20.2 Å². The van der Waals surface area contributed by atoms with Gasteiger partial charge in [-0.1, -0.05) is 38.1 Å². The van der Waals surface area contributed by atoms with E-state index in [0.29, 0.717) is 10.5 Å². The molecule has 1 aromatic rings. The Bertz CT molecular complexity index is 367. The second-order valence-electron chi connectivity index (χ2n) is 4.45. The lowest BCUT2D eigenvalue weighted by atomic mass is 10.0. The van der Waals surface area contributed by atoms with Crippen LogP contribution in [-0.4, -0.2) is 27.1 Å². The Hall–Kier alpha value is -0.120. The first-order valence-electron chi connectivity index (χ1n) is 6.22. The van der Waals surface area contributed by atoms with Crippen molar-refractivity contribution in [2.75, 3.05) is 11.5 Å². The highest BCUT2D eigenvalue weighted by Gasteiger charge is 2.30. The molecule has 0 amide bonds. The van der Waals surface area contributed by atoms with E-state index >= 15 is 0 Å². The van der Waals surface area contributed by atoms with Crippen LogP contribution in [0.15, 0.2) is 24.3 Å². The summed E-state index contributed by atoms with van der Waals surface area (Å²) in [5.41, 5.74) is 2.39. The third-order valence-electron chi connectivity index (χ3n) is 3.25. The predicted octanol–water partition coefficient (Wildman–Crippen LogP) is 3.52. The summed E-state index contributed by atoms with van der Waals surface area (Å²) in [6.07, 6.45) is 0.706. The molecule has 3 unspecified atom stereocenters. The smallest absolute Gasteiger partial charge is 0.0919 e. The lowest BCUT2D eigenvalue weighted by Gasteiger charge is -2.32. The van der Waals surface area contributed by atoms with Crippen LogP contribution in [0.4, 0.5) is 0 Å². The maximum atomic E-state index is 10.5. The van der Waals surface area contributed by atoms with E-state index in [4.69, 9.17) is 0 Å². The highest BCUT2D eigenvalue weighted by atomic mass is 32.2. The Balaban J connectivity index is 2.14. The molecule has 0 spiro atoms. The summed E-state index contributed by atoms with van der Waals surface area (Å²) in [6, 6.07) is 8.39. The highest BCUT2D eigenvalue weighted by molar-refractivity contribution is 8.07. The number of hydrogen-bond donors (Lipinski definition) is 1. The average Bonchev–Trinajstić information content (AvgIpc) is 2.38. The molecule has 1 aliphatic rings. The first-order valence-corrected chi connectivity index (χ1v) is 8.32. The Kier molecular flexibility index (Phi) is 4.83. The zero-order valence-corrected chi connectivity index (χ0v) is 12.1. The summed E-state index contributed by atoms with van der Waals surface area (Å²) in [6.45, 7) is 4.38. The third kappa shape index (κ3) is 3.21. The van der Waals surface area contributed by atoms with Crippen LogP contribution in [0.25, 0.3) is 0 Å². The average molecular weight is 268 g/mol. The molecule has 94 valence electrons. The van der Waals surface area contributed by atoms with Crippen LogP contribution in [0.3, 0.4) is 0 Å². The summed E-state index contributed by atoms with van der Waals surface area (Å²) >= 11 is 3.90. The van der Waals surface area contributed by atoms with Crippen molar-refractivity contribution in [3.05, 3.63) is 35.4 Å². The number of aryl methyl sites for hydroxylation is 1. The van der Waals surface area contributed by atoms with Gasteiger partial charge in [-0.3, -0.25) is 0 Å². The van der Waals surface area contributed by atoms with Gasteiger partial charge in [-0.05, 0) is 17.5 Å². The van der Waals surface area contributed by atoms with E-state index < -0.39 is 0 Å². The normalized spacial score (nSPS) is 26.8. The molecule has 1 N–H and O–H groups in total. The molecule has 0 radical (unpaired) electrons. The van der Waals surface area contributed by atoms with Gasteiger partial charge in [0.25, 0.3) is 0 Å². The second kappa shape index (κ2) is 6.17. The Morgan fingerprint density at radius 2 is 2.12 bits per heavy atom. The predicted molar refractivity (Wildman–Crippen MR) is 78.9 cm³/mol. The first kappa shape index (κ1) is 13.3. The maximum absolute atomic E-state index is 10.5. The minimum atomic E-state index is -0.325. The van der Waals surface area contributed by atoms with Gasteiger partial charge in [0.2, 0.25) is 0 Å². The molecule has 3 atom stereocenters. The largest absolute Gasteiger partial charge is 0.387 e. The van der Waals surface area contributed by atoms with Gasteiger partial charge in [0.1, 0.15) is 0 Å². The molecule has 1 aromatic carbocycles. The van der Waals surface area contributed by atoms with Crippen LogP contribution >= 0.6 is 23.5 Å². The van der Waals surface area contributed by atoms with E-state index in [9.17, 15) is 5.11 Å². The van der Waals surface area contributed by atoms with Crippen LogP contribution in [0.5, 0.6) is 0 Å². The molecule has 1 heterocycles. The Morgan fingerprint density at radius 3 is 2.82 bits per heavy atom.